The summed E-state index contributed by atoms with van der Waals surface area (Å²) in [6.45, 7) is 0. The fourth-order valence-electron chi connectivity index (χ4n) is 1.64. The molecule has 5 heteroatoms. The molecule has 0 fully saturated rings. The Bertz CT molecular complexity index is 401. The molecule has 0 saturated carbocycles. The van der Waals surface area contributed by atoms with Crippen LogP contribution in [0.5, 0.6) is 0 Å². The highest BCUT2D eigenvalue weighted by atomic mass is 19.4. The second-order valence-corrected chi connectivity index (χ2v) is 4.25. The summed E-state index contributed by atoms with van der Waals surface area (Å²) in [4.78, 5) is 11.4. The Hall–Kier alpha value is -1.52. The Labute approximate surface area is 104 Å². The van der Waals surface area contributed by atoms with Gasteiger partial charge in [-0.25, -0.2) is 0 Å². The largest absolute Gasteiger partial charge is 0.399 e. The second kappa shape index (κ2) is 6.42. The number of alkyl halides is 3. The molecule has 0 aliphatic carbocycles. The highest BCUT2D eigenvalue weighted by Gasteiger charge is 2.26. The number of carbonyl (C=O) groups excluding carboxylic acids is 1. The quantitative estimate of drug-likeness (QED) is 0.794. The van der Waals surface area contributed by atoms with Crippen LogP contribution in [0.15, 0.2) is 24.3 Å². The van der Waals surface area contributed by atoms with Gasteiger partial charge in [0.05, 0.1) is 0 Å². The normalized spacial score (nSPS) is 11.5. The van der Waals surface area contributed by atoms with E-state index in [-0.39, 0.29) is 25.0 Å². The van der Waals surface area contributed by atoms with Gasteiger partial charge in [-0.2, -0.15) is 13.2 Å². The van der Waals surface area contributed by atoms with Crippen molar-refractivity contribution in [3.8, 4) is 0 Å². The van der Waals surface area contributed by atoms with Gasteiger partial charge in [0.2, 0.25) is 0 Å². The van der Waals surface area contributed by atoms with Gasteiger partial charge in [-0.15, -0.1) is 0 Å². The van der Waals surface area contributed by atoms with Gasteiger partial charge in [0.25, 0.3) is 0 Å². The molecule has 0 aliphatic rings. The van der Waals surface area contributed by atoms with E-state index >= 15 is 0 Å². The van der Waals surface area contributed by atoms with Crippen molar-refractivity contribution in [3.05, 3.63) is 29.8 Å². The van der Waals surface area contributed by atoms with Crippen LogP contribution in [0.25, 0.3) is 0 Å². The van der Waals surface area contributed by atoms with Gasteiger partial charge >= 0.3 is 6.18 Å². The Morgan fingerprint density at radius 2 is 1.94 bits per heavy atom. The SMILES string of the molecule is Nc1cccc(CCC(=O)CCCC(F)(F)F)c1. The third-order valence-corrected chi connectivity index (χ3v) is 2.56. The molecule has 0 radical (unpaired) electrons. The summed E-state index contributed by atoms with van der Waals surface area (Å²) >= 11 is 0. The van der Waals surface area contributed by atoms with Crippen molar-refractivity contribution in [1.29, 1.82) is 0 Å². The molecule has 1 aromatic carbocycles. The molecular formula is C13H16F3NO. The average Bonchev–Trinajstić information content (AvgIpc) is 2.25. The number of ketones is 1. The molecule has 0 aromatic heterocycles. The number of rotatable bonds is 6. The van der Waals surface area contributed by atoms with Crippen molar-refractivity contribution in [2.24, 2.45) is 0 Å². The molecule has 0 amide bonds. The summed E-state index contributed by atoms with van der Waals surface area (Å²) in [5, 5.41) is 0. The van der Waals surface area contributed by atoms with Crippen molar-refractivity contribution in [2.75, 3.05) is 5.73 Å². The van der Waals surface area contributed by atoms with Crippen LogP contribution in [0.4, 0.5) is 18.9 Å². The van der Waals surface area contributed by atoms with E-state index in [9.17, 15) is 18.0 Å². The standard InChI is InChI=1S/C13H16F3NO/c14-13(15,16)8-2-5-12(18)7-6-10-3-1-4-11(17)9-10/h1,3-4,9H,2,5-8,17H2. The summed E-state index contributed by atoms with van der Waals surface area (Å²) in [6.07, 6.45) is -4.41. The molecule has 0 unspecified atom stereocenters. The maximum atomic E-state index is 11.9. The summed E-state index contributed by atoms with van der Waals surface area (Å²) < 4.78 is 35.6. The van der Waals surface area contributed by atoms with Crippen LogP contribution in [0.1, 0.15) is 31.2 Å². The molecule has 2 N–H and O–H groups in total. The Kier molecular flexibility index (Phi) is 5.19. The van der Waals surface area contributed by atoms with E-state index in [0.717, 1.165) is 5.56 Å². The topological polar surface area (TPSA) is 43.1 Å². The van der Waals surface area contributed by atoms with Crippen LogP contribution in [-0.2, 0) is 11.2 Å². The zero-order valence-corrected chi connectivity index (χ0v) is 9.96. The molecule has 18 heavy (non-hydrogen) atoms. The lowest BCUT2D eigenvalue weighted by molar-refractivity contribution is -0.137. The first-order valence-electron chi connectivity index (χ1n) is 5.80. The molecule has 100 valence electrons. The number of nitrogen functional groups attached to an aromatic ring is 1. The van der Waals surface area contributed by atoms with Crippen LogP contribution in [0.2, 0.25) is 0 Å². The molecule has 0 bridgehead atoms. The number of anilines is 1. The van der Waals surface area contributed by atoms with Crippen molar-refractivity contribution >= 4 is 11.5 Å². The predicted molar refractivity (Wildman–Crippen MR) is 64.1 cm³/mol. The highest BCUT2D eigenvalue weighted by molar-refractivity contribution is 5.78. The zero-order valence-electron chi connectivity index (χ0n) is 9.96. The van der Waals surface area contributed by atoms with E-state index in [2.05, 4.69) is 0 Å². The van der Waals surface area contributed by atoms with Crippen molar-refractivity contribution < 1.29 is 18.0 Å². The first kappa shape index (κ1) is 14.5. The molecule has 0 saturated heterocycles. The maximum Gasteiger partial charge on any atom is 0.389 e. The lowest BCUT2D eigenvalue weighted by atomic mass is 10.0. The summed E-state index contributed by atoms with van der Waals surface area (Å²) in [5.74, 6) is -0.137. The molecule has 0 atom stereocenters. The number of hydrogen-bond acceptors (Lipinski definition) is 2. The molecule has 0 aliphatic heterocycles. The smallest absolute Gasteiger partial charge is 0.389 e. The first-order valence-corrected chi connectivity index (χ1v) is 5.80. The fraction of sp³-hybridized carbons (Fsp3) is 0.462. The number of Topliss-reactive ketones (excluding diaryl/α,β-unsaturated/α-hetero) is 1. The predicted octanol–water partition coefficient (Wildman–Crippen LogP) is 3.50. The van der Waals surface area contributed by atoms with Crippen LogP contribution in [0.3, 0.4) is 0 Å². The van der Waals surface area contributed by atoms with Gasteiger partial charge in [-0.3, -0.25) is 4.79 Å². The summed E-state index contributed by atoms with van der Waals surface area (Å²) in [5.41, 5.74) is 7.14. The van der Waals surface area contributed by atoms with E-state index in [1.165, 1.54) is 0 Å². The zero-order chi connectivity index (χ0) is 13.6. The van der Waals surface area contributed by atoms with Crippen LogP contribution in [-0.4, -0.2) is 12.0 Å². The summed E-state index contributed by atoms with van der Waals surface area (Å²) in [6, 6.07) is 7.15. The van der Waals surface area contributed by atoms with E-state index in [4.69, 9.17) is 5.73 Å². The van der Waals surface area contributed by atoms with Gasteiger partial charge in [-0.1, -0.05) is 12.1 Å². The molecular weight excluding hydrogens is 243 g/mol. The number of carbonyl (C=O) groups is 1. The minimum Gasteiger partial charge on any atom is -0.399 e. The van der Waals surface area contributed by atoms with E-state index in [1.54, 1.807) is 18.2 Å². The van der Waals surface area contributed by atoms with Gasteiger partial charge in [0.15, 0.2) is 0 Å². The van der Waals surface area contributed by atoms with Gasteiger partial charge < -0.3 is 5.73 Å². The number of nitrogens with two attached hydrogens (primary N) is 1. The molecule has 1 rings (SSSR count). The third-order valence-electron chi connectivity index (χ3n) is 2.56. The third kappa shape index (κ3) is 6.27. The van der Waals surface area contributed by atoms with Crippen LogP contribution < -0.4 is 5.73 Å². The molecule has 2 nitrogen and oxygen atoms in total. The Morgan fingerprint density at radius 1 is 1.22 bits per heavy atom. The molecule has 0 heterocycles. The van der Waals surface area contributed by atoms with Crippen molar-refractivity contribution in [2.45, 2.75) is 38.3 Å². The van der Waals surface area contributed by atoms with Crippen molar-refractivity contribution in [1.82, 2.24) is 0 Å². The van der Waals surface area contributed by atoms with Crippen LogP contribution >= 0.6 is 0 Å². The molecule has 1 aromatic rings. The van der Waals surface area contributed by atoms with E-state index in [0.29, 0.717) is 12.1 Å². The Morgan fingerprint density at radius 3 is 2.56 bits per heavy atom. The average molecular weight is 259 g/mol. The van der Waals surface area contributed by atoms with Crippen molar-refractivity contribution in [3.63, 3.8) is 0 Å². The fourth-order valence-corrected chi connectivity index (χ4v) is 1.64. The lowest BCUT2D eigenvalue weighted by Crippen LogP contribution is -2.08. The van der Waals surface area contributed by atoms with Gasteiger partial charge in [0.1, 0.15) is 5.78 Å². The van der Waals surface area contributed by atoms with Crippen LogP contribution in [0, 0.1) is 0 Å². The highest BCUT2D eigenvalue weighted by Crippen LogP contribution is 2.22. The first-order chi connectivity index (χ1) is 8.37. The summed E-state index contributed by atoms with van der Waals surface area (Å²) in [7, 11) is 0. The molecule has 0 spiro atoms. The van der Waals surface area contributed by atoms with E-state index in [1.807, 2.05) is 6.07 Å². The maximum absolute atomic E-state index is 11.9. The Balaban J connectivity index is 2.25. The number of aryl methyl sites for hydroxylation is 1. The number of benzene rings is 1. The minimum atomic E-state index is -4.17. The minimum absolute atomic E-state index is 0.0121. The lowest BCUT2D eigenvalue weighted by Gasteiger charge is -2.05. The monoisotopic (exact) mass is 259 g/mol. The number of hydrogen-bond donors (Lipinski definition) is 1. The van der Waals surface area contributed by atoms with Gasteiger partial charge in [-0.05, 0) is 30.5 Å². The second-order valence-electron chi connectivity index (χ2n) is 4.25. The van der Waals surface area contributed by atoms with Gasteiger partial charge in [0, 0.05) is 24.9 Å². The van der Waals surface area contributed by atoms with E-state index < -0.39 is 12.6 Å². The number of halogens is 3.